The quantitative estimate of drug-likeness (QED) is 0.887. The van der Waals surface area contributed by atoms with Crippen LogP contribution in [0.25, 0.3) is 0 Å². The number of anilines is 1. The van der Waals surface area contributed by atoms with E-state index in [0.29, 0.717) is 11.4 Å². The molecule has 98 valence electrons. The van der Waals surface area contributed by atoms with Crippen LogP contribution in [0.2, 0.25) is 5.02 Å². The maximum Gasteiger partial charge on any atom is 0.224 e. The second-order valence-electron chi connectivity index (χ2n) is 4.73. The van der Waals surface area contributed by atoms with E-state index >= 15 is 0 Å². The van der Waals surface area contributed by atoms with Crippen LogP contribution in [-0.4, -0.2) is 11.9 Å². The number of hydrogen-bond donors (Lipinski definition) is 2. The Balaban J connectivity index is 1.94. The topological polar surface area (TPSA) is 55.1 Å². The molecule has 1 amide bonds. The summed E-state index contributed by atoms with van der Waals surface area (Å²) in [6.07, 6.45) is 3.35. The highest BCUT2D eigenvalue weighted by Gasteiger charge is 2.26. The number of hydrogen-bond acceptors (Lipinski definition) is 2. The summed E-state index contributed by atoms with van der Waals surface area (Å²) >= 11 is 5.64. The average Bonchev–Trinajstić information content (AvgIpc) is 2.69. The second-order valence-corrected chi connectivity index (χ2v) is 5.17. The molecular weight excluding hydrogens is 255 g/mol. The van der Waals surface area contributed by atoms with Crippen LogP contribution in [0, 0.1) is 11.7 Å². The van der Waals surface area contributed by atoms with Gasteiger partial charge >= 0.3 is 0 Å². The van der Waals surface area contributed by atoms with Crippen LogP contribution in [0.3, 0.4) is 0 Å². The standard InChI is InChI=1S/C13H16ClFN2O/c14-9-4-5-12(10(15)7-9)17-13(18)6-8-2-1-3-11(8)16/h4-5,7-8,11H,1-3,6,16H2,(H,17,18)/t8-,11+/m0/s1. The zero-order chi connectivity index (χ0) is 13.1. The minimum atomic E-state index is -0.522. The van der Waals surface area contributed by atoms with Gasteiger partial charge in [-0.2, -0.15) is 0 Å². The van der Waals surface area contributed by atoms with Crippen LogP contribution in [0.5, 0.6) is 0 Å². The van der Waals surface area contributed by atoms with Gasteiger partial charge in [-0.15, -0.1) is 0 Å². The predicted octanol–water partition coefficient (Wildman–Crippen LogP) is 2.94. The molecule has 1 aromatic carbocycles. The van der Waals surface area contributed by atoms with E-state index in [1.54, 1.807) is 6.07 Å². The Morgan fingerprint density at radius 2 is 2.28 bits per heavy atom. The van der Waals surface area contributed by atoms with Gasteiger partial charge in [-0.25, -0.2) is 4.39 Å². The molecule has 18 heavy (non-hydrogen) atoms. The lowest BCUT2D eigenvalue weighted by atomic mass is 10.00. The van der Waals surface area contributed by atoms with Crippen molar-refractivity contribution >= 4 is 23.2 Å². The fourth-order valence-corrected chi connectivity index (χ4v) is 2.51. The van der Waals surface area contributed by atoms with E-state index < -0.39 is 5.82 Å². The smallest absolute Gasteiger partial charge is 0.224 e. The Hall–Kier alpha value is -1.13. The summed E-state index contributed by atoms with van der Waals surface area (Å²) in [6, 6.07) is 4.27. The molecule has 3 N–H and O–H groups in total. The number of amides is 1. The largest absolute Gasteiger partial charge is 0.327 e. The van der Waals surface area contributed by atoms with E-state index in [1.807, 2.05) is 0 Å². The minimum Gasteiger partial charge on any atom is -0.327 e. The molecule has 0 radical (unpaired) electrons. The summed E-state index contributed by atoms with van der Waals surface area (Å²) in [5, 5.41) is 2.87. The lowest BCUT2D eigenvalue weighted by Crippen LogP contribution is -2.28. The van der Waals surface area contributed by atoms with Crippen LogP contribution in [0.15, 0.2) is 18.2 Å². The Morgan fingerprint density at radius 1 is 1.50 bits per heavy atom. The molecule has 0 heterocycles. The SMILES string of the molecule is N[C@@H]1CCC[C@H]1CC(=O)Nc1ccc(Cl)cc1F. The maximum absolute atomic E-state index is 13.5. The van der Waals surface area contributed by atoms with E-state index in [0.717, 1.165) is 19.3 Å². The zero-order valence-electron chi connectivity index (χ0n) is 9.96. The van der Waals surface area contributed by atoms with E-state index in [9.17, 15) is 9.18 Å². The molecule has 0 spiro atoms. The van der Waals surface area contributed by atoms with Crippen molar-refractivity contribution in [1.29, 1.82) is 0 Å². The number of halogens is 2. The first-order valence-electron chi connectivity index (χ1n) is 6.07. The molecule has 5 heteroatoms. The molecule has 1 fully saturated rings. The molecule has 0 bridgehead atoms. The van der Waals surface area contributed by atoms with Gasteiger partial charge in [0.2, 0.25) is 5.91 Å². The monoisotopic (exact) mass is 270 g/mol. The summed E-state index contributed by atoms with van der Waals surface area (Å²) in [5.74, 6) is -0.509. The van der Waals surface area contributed by atoms with Gasteiger partial charge in [-0.1, -0.05) is 18.0 Å². The van der Waals surface area contributed by atoms with Crippen molar-refractivity contribution in [3.63, 3.8) is 0 Å². The fraction of sp³-hybridized carbons (Fsp3) is 0.462. The van der Waals surface area contributed by atoms with Gasteiger partial charge in [0.1, 0.15) is 5.82 Å². The number of nitrogens with two attached hydrogens (primary N) is 1. The van der Waals surface area contributed by atoms with Crippen molar-refractivity contribution < 1.29 is 9.18 Å². The first-order valence-corrected chi connectivity index (χ1v) is 6.44. The van der Waals surface area contributed by atoms with Crippen molar-refractivity contribution in [3.8, 4) is 0 Å². The Bertz CT molecular complexity index is 453. The van der Waals surface area contributed by atoms with Crippen LogP contribution in [-0.2, 0) is 4.79 Å². The molecular formula is C13H16ClFN2O. The van der Waals surface area contributed by atoms with E-state index in [4.69, 9.17) is 17.3 Å². The molecule has 1 saturated carbocycles. The Morgan fingerprint density at radius 3 is 2.89 bits per heavy atom. The lowest BCUT2D eigenvalue weighted by Gasteiger charge is -2.15. The molecule has 1 aliphatic carbocycles. The molecule has 0 aliphatic heterocycles. The average molecular weight is 271 g/mol. The van der Waals surface area contributed by atoms with Crippen molar-refractivity contribution in [3.05, 3.63) is 29.0 Å². The molecule has 1 aromatic rings. The first-order chi connectivity index (χ1) is 8.56. The van der Waals surface area contributed by atoms with Gasteiger partial charge in [0.25, 0.3) is 0 Å². The Kier molecular flexibility index (Phi) is 4.19. The zero-order valence-corrected chi connectivity index (χ0v) is 10.7. The Labute approximate surface area is 111 Å². The summed E-state index contributed by atoms with van der Waals surface area (Å²) in [4.78, 5) is 11.8. The molecule has 0 aromatic heterocycles. The molecule has 2 rings (SSSR count). The minimum absolute atomic E-state index is 0.0887. The number of carbonyl (C=O) groups is 1. The second kappa shape index (κ2) is 5.67. The van der Waals surface area contributed by atoms with E-state index in [2.05, 4.69) is 5.32 Å². The van der Waals surface area contributed by atoms with Crippen molar-refractivity contribution in [2.45, 2.75) is 31.7 Å². The highest BCUT2D eigenvalue weighted by atomic mass is 35.5. The molecule has 2 atom stereocenters. The number of carbonyl (C=O) groups excluding carboxylic acids is 1. The normalized spacial score (nSPS) is 23.1. The van der Waals surface area contributed by atoms with Gasteiger partial charge in [0.05, 0.1) is 5.69 Å². The van der Waals surface area contributed by atoms with Gasteiger partial charge in [-0.3, -0.25) is 4.79 Å². The van der Waals surface area contributed by atoms with Crippen molar-refractivity contribution in [2.75, 3.05) is 5.32 Å². The molecule has 1 aliphatic rings. The van der Waals surface area contributed by atoms with Crippen LogP contribution < -0.4 is 11.1 Å². The molecule has 0 saturated heterocycles. The third-order valence-electron chi connectivity index (χ3n) is 3.37. The third kappa shape index (κ3) is 3.21. The molecule has 0 unspecified atom stereocenters. The third-order valence-corrected chi connectivity index (χ3v) is 3.61. The fourth-order valence-electron chi connectivity index (χ4n) is 2.35. The van der Waals surface area contributed by atoms with Gasteiger partial charge in [-0.05, 0) is 37.0 Å². The number of rotatable bonds is 3. The van der Waals surface area contributed by atoms with Crippen LogP contribution in [0.1, 0.15) is 25.7 Å². The summed E-state index contributed by atoms with van der Waals surface area (Å²) in [6.45, 7) is 0. The van der Waals surface area contributed by atoms with E-state index in [-0.39, 0.29) is 23.6 Å². The van der Waals surface area contributed by atoms with Crippen molar-refractivity contribution in [1.82, 2.24) is 0 Å². The molecule has 3 nitrogen and oxygen atoms in total. The summed E-state index contributed by atoms with van der Waals surface area (Å²) in [7, 11) is 0. The van der Waals surface area contributed by atoms with Crippen LogP contribution >= 0.6 is 11.6 Å². The van der Waals surface area contributed by atoms with Gasteiger partial charge < -0.3 is 11.1 Å². The maximum atomic E-state index is 13.5. The van der Waals surface area contributed by atoms with Gasteiger partial charge in [0.15, 0.2) is 0 Å². The van der Waals surface area contributed by atoms with E-state index in [1.165, 1.54) is 12.1 Å². The number of benzene rings is 1. The highest BCUT2D eigenvalue weighted by Crippen LogP contribution is 2.27. The lowest BCUT2D eigenvalue weighted by molar-refractivity contribution is -0.117. The number of nitrogens with one attached hydrogen (secondary N) is 1. The van der Waals surface area contributed by atoms with Crippen molar-refractivity contribution in [2.24, 2.45) is 11.7 Å². The first kappa shape index (κ1) is 13.3. The highest BCUT2D eigenvalue weighted by molar-refractivity contribution is 6.30. The van der Waals surface area contributed by atoms with Crippen LogP contribution in [0.4, 0.5) is 10.1 Å². The summed E-state index contributed by atoms with van der Waals surface area (Å²) < 4.78 is 13.5. The predicted molar refractivity (Wildman–Crippen MR) is 70.0 cm³/mol. The van der Waals surface area contributed by atoms with Gasteiger partial charge in [0, 0.05) is 17.5 Å². The summed E-state index contributed by atoms with van der Waals surface area (Å²) in [5.41, 5.74) is 6.06.